The number of aliphatic hydroxyl groups is 1. The first kappa shape index (κ1) is 15.9. The lowest BCUT2D eigenvalue weighted by Crippen LogP contribution is -2.64. The van der Waals surface area contributed by atoms with Crippen LogP contribution in [0.3, 0.4) is 0 Å². The second kappa shape index (κ2) is 5.18. The first-order chi connectivity index (χ1) is 10.9. The van der Waals surface area contributed by atoms with Gasteiger partial charge in [-0.2, -0.15) is 0 Å². The second-order valence-corrected chi connectivity index (χ2v) is 8.67. The van der Waals surface area contributed by atoms with Crippen LogP contribution < -0.4 is 0 Å². The van der Waals surface area contributed by atoms with E-state index < -0.39 is 6.29 Å². The maximum atomic E-state index is 10.4. The van der Waals surface area contributed by atoms with Gasteiger partial charge in [-0.15, -0.1) is 0 Å². The van der Waals surface area contributed by atoms with E-state index in [1.807, 2.05) is 6.08 Å². The Kier molecular flexibility index (Phi) is 3.57. The number of ether oxygens (including phenoxy) is 2. The molecule has 0 aromatic carbocycles. The van der Waals surface area contributed by atoms with Crippen molar-refractivity contribution in [2.24, 2.45) is 28.6 Å². The van der Waals surface area contributed by atoms with Crippen LogP contribution in [-0.2, 0) is 9.47 Å². The Balaban J connectivity index is 1.68. The Bertz CT molecular complexity index is 527. The zero-order chi connectivity index (χ0) is 16.4. The maximum Gasteiger partial charge on any atom is 0.167 e. The van der Waals surface area contributed by atoms with Crippen LogP contribution in [0.1, 0.15) is 52.4 Å². The minimum absolute atomic E-state index is 0.0327. The summed E-state index contributed by atoms with van der Waals surface area (Å²) in [7, 11) is 0. The molecule has 5 aliphatic rings. The van der Waals surface area contributed by atoms with Gasteiger partial charge in [0.15, 0.2) is 12.6 Å². The van der Waals surface area contributed by atoms with Gasteiger partial charge in [0.05, 0.1) is 6.10 Å². The zero-order valence-corrected chi connectivity index (χ0v) is 14.5. The van der Waals surface area contributed by atoms with Gasteiger partial charge in [0.2, 0.25) is 0 Å². The van der Waals surface area contributed by atoms with Gasteiger partial charge in [-0.1, -0.05) is 38.7 Å². The number of allylic oxidation sites excluding steroid dienone is 2. The second-order valence-electron chi connectivity index (χ2n) is 8.67. The quantitative estimate of drug-likeness (QED) is 0.795. The molecule has 23 heavy (non-hydrogen) atoms. The third-order valence-electron chi connectivity index (χ3n) is 7.92. The van der Waals surface area contributed by atoms with Crippen LogP contribution in [-0.4, -0.2) is 23.8 Å². The van der Waals surface area contributed by atoms with Gasteiger partial charge in [0, 0.05) is 11.3 Å². The van der Waals surface area contributed by atoms with Crippen molar-refractivity contribution in [2.75, 3.05) is 0 Å². The standard InChI is InChI=1S/C20H30O3/c1-5-12(2)6-8-19(4)13(3)7-9-20-15-10-14(11-16(19)20)22-18(20)23-17(15)21/h5,13-18,21H,1-2,6-11H2,3-4H3/t13-,14+,15?,16?,17-,18+,19-,20?/m0/s1. The lowest BCUT2D eigenvalue weighted by Gasteiger charge is -2.64. The lowest BCUT2D eigenvalue weighted by molar-refractivity contribution is -0.304. The van der Waals surface area contributed by atoms with Crippen molar-refractivity contribution in [2.45, 2.75) is 71.1 Å². The fraction of sp³-hybridized carbons (Fsp3) is 0.800. The smallest absolute Gasteiger partial charge is 0.167 e. The SMILES string of the molecule is C=CC(=C)CC[C@]1(C)C2C[C@H]3CC4[C@@H](O)O[C@@H](O3)C42CC[C@@H]1C. The molecule has 128 valence electrons. The average Bonchev–Trinajstić information content (AvgIpc) is 2.72. The molecule has 3 aliphatic heterocycles. The number of hydrogen-bond donors (Lipinski definition) is 1. The molecule has 5 rings (SSSR count). The van der Waals surface area contributed by atoms with Gasteiger partial charge < -0.3 is 14.6 Å². The highest BCUT2D eigenvalue weighted by Crippen LogP contribution is 2.71. The Morgan fingerprint density at radius 3 is 2.83 bits per heavy atom. The van der Waals surface area contributed by atoms with E-state index in [2.05, 4.69) is 27.0 Å². The van der Waals surface area contributed by atoms with Crippen molar-refractivity contribution in [3.8, 4) is 0 Å². The van der Waals surface area contributed by atoms with Gasteiger partial charge in [-0.25, -0.2) is 0 Å². The summed E-state index contributed by atoms with van der Waals surface area (Å²) in [4.78, 5) is 0. The van der Waals surface area contributed by atoms with E-state index in [9.17, 15) is 5.11 Å². The molecule has 0 amide bonds. The third-order valence-corrected chi connectivity index (χ3v) is 7.92. The molecule has 3 heteroatoms. The molecule has 0 aromatic heterocycles. The predicted octanol–water partition coefficient (Wildman–Crippen LogP) is 4.03. The van der Waals surface area contributed by atoms with Crippen molar-refractivity contribution in [1.29, 1.82) is 0 Å². The normalized spacial score (nSPS) is 53.9. The molecular weight excluding hydrogens is 288 g/mol. The molecular formula is C20H30O3. The Morgan fingerprint density at radius 1 is 1.35 bits per heavy atom. The predicted molar refractivity (Wildman–Crippen MR) is 89.5 cm³/mol. The molecule has 0 aromatic rings. The van der Waals surface area contributed by atoms with E-state index >= 15 is 0 Å². The number of aliphatic hydroxyl groups excluding tert-OH is 1. The third kappa shape index (κ3) is 1.99. The van der Waals surface area contributed by atoms with Crippen LogP contribution in [0.2, 0.25) is 0 Å². The number of rotatable bonds is 4. The van der Waals surface area contributed by atoms with Crippen molar-refractivity contribution >= 4 is 0 Å². The monoisotopic (exact) mass is 318 g/mol. The van der Waals surface area contributed by atoms with Gasteiger partial charge in [0.25, 0.3) is 0 Å². The molecule has 1 N–H and O–H groups in total. The van der Waals surface area contributed by atoms with Crippen molar-refractivity contribution < 1.29 is 14.6 Å². The van der Waals surface area contributed by atoms with Gasteiger partial charge >= 0.3 is 0 Å². The van der Waals surface area contributed by atoms with Crippen molar-refractivity contribution in [1.82, 2.24) is 0 Å². The van der Waals surface area contributed by atoms with Gasteiger partial charge in [0.1, 0.15) is 0 Å². The molecule has 4 bridgehead atoms. The molecule has 2 aliphatic carbocycles. The van der Waals surface area contributed by atoms with E-state index in [1.54, 1.807) is 0 Å². The summed E-state index contributed by atoms with van der Waals surface area (Å²) < 4.78 is 12.0. The maximum absolute atomic E-state index is 10.4. The summed E-state index contributed by atoms with van der Waals surface area (Å²) in [5.41, 5.74) is 1.43. The molecule has 2 saturated carbocycles. The van der Waals surface area contributed by atoms with Crippen molar-refractivity contribution in [3.63, 3.8) is 0 Å². The fourth-order valence-electron chi connectivity index (χ4n) is 6.31. The van der Waals surface area contributed by atoms with Gasteiger partial charge in [-0.3, -0.25) is 0 Å². The summed E-state index contributed by atoms with van der Waals surface area (Å²) in [5.74, 6) is 1.53. The van der Waals surface area contributed by atoms with E-state index in [0.717, 1.165) is 37.7 Å². The minimum Gasteiger partial charge on any atom is -0.368 e. The first-order valence-electron chi connectivity index (χ1n) is 9.21. The van der Waals surface area contributed by atoms with E-state index in [-0.39, 0.29) is 29.1 Å². The highest BCUT2D eigenvalue weighted by Gasteiger charge is 2.71. The molecule has 0 radical (unpaired) electrons. The summed E-state index contributed by atoms with van der Waals surface area (Å²) in [6.07, 6.45) is 7.93. The highest BCUT2D eigenvalue weighted by molar-refractivity contribution is 5.17. The molecule has 3 unspecified atom stereocenters. The van der Waals surface area contributed by atoms with Crippen LogP contribution in [0.5, 0.6) is 0 Å². The van der Waals surface area contributed by atoms with Gasteiger partial charge in [-0.05, 0) is 55.8 Å². The molecule has 8 atom stereocenters. The minimum atomic E-state index is -0.631. The molecule has 3 heterocycles. The molecule has 3 saturated heterocycles. The first-order valence-corrected chi connectivity index (χ1v) is 9.21. The Labute approximate surface area is 139 Å². The lowest BCUT2D eigenvalue weighted by atomic mass is 9.43. The largest absolute Gasteiger partial charge is 0.368 e. The molecule has 1 spiro atoms. The summed E-state index contributed by atoms with van der Waals surface area (Å²) in [6.45, 7) is 12.8. The Morgan fingerprint density at radius 2 is 2.13 bits per heavy atom. The molecule has 3 nitrogen and oxygen atoms in total. The summed E-state index contributed by atoms with van der Waals surface area (Å²) in [6, 6.07) is 0. The summed E-state index contributed by atoms with van der Waals surface area (Å²) >= 11 is 0. The van der Waals surface area contributed by atoms with Crippen LogP contribution in [0, 0.1) is 28.6 Å². The average molecular weight is 318 g/mol. The van der Waals surface area contributed by atoms with Crippen LogP contribution in [0.25, 0.3) is 0 Å². The van der Waals surface area contributed by atoms with E-state index in [0.29, 0.717) is 11.8 Å². The topological polar surface area (TPSA) is 38.7 Å². The zero-order valence-electron chi connectivity index (χ0n) is 14.5. The Hall–Kier alpha value is -0.640. The molecule has 5 fully saturated rings. The van der Waals surface area contributed by atoms with Crippen molar-refractivity contribution in [3.05, 3.63) is 24.8 Å². The summed E-state index contributed by atoms with van der Waals surface area (Å²) in [5, 5.41) is 10.4. The van der Waals surface area contributed by atoms with E-state index in [1.165, 1.54) is 6.42 Å². The van der Waals surface area contributed by atoms with E-state index in [4.69, 9.17) is 9.47 Å². The van der Waals surface area contributed by atoms with Crippen LogP contribution >= 0.6 is 0 Å². The van der Waals surface area contributed by atoms with Crippen LogP contribution in [0.15, 0.2) is 24.8 Å². The highest BCUT2D eigenvalue weighted by atomic mass is 16.7. The van der Waals surface area contributed by atoms with Crippen LogP contribution in [0.4, 0.5) is 0 Å². The number of hydrogen-bond acceptors (Lipinski definition) is 3. The fourth-order valence-corrected chi connectivity index (χ4v) is 6.31.